The number of nitrogens with zero attached hydrogens (tertiary/aromatic N) is 4. The number of aliphatic imine (C=N–C) groups is 1. The Labute approximate surface area is 154 Å². The quantitative estimate of drug-likeness (QED) is 0.466. The lowest BCUT2D eigenvalue weighted by atomic mass is 10.4. The number of aromatic amines is 1. The Balaban J connectivity index is 1.55. The summed E-state index contributed by atoms with van der Waals surface area (Å²) >= 11 is 12.1. The molecule has 0 atom stereocenters. The van der Waals surface area contributed by atoms with Gasteiger partial charge in [0.2, 0.25) is 5.82 Å². The molecule has 0 spiro atoms. The predicted octanol–water partition coefficient (Wildman–Crippen LogP) is 2.58. The summed E-state index contributed by atoms with van der Waals surface area (Å²) in [7, 11) is 3.54. The number of rotatable bonds is 5. The van der Waals surface area contributed by atoms with E-state index in [2.05, 4.69) is 30.8 Å². The molecule has 0 aliphatic rings. The zero-order valence-corrected chi connectivity index (χ0v) is 15.2. The molecule has 0 radical (unpaired) electrons. The van der Waals surface area contributed by atoms with Crippen molar-refractivity contribution in [2.24, 2.45) is 12.0 Å². The third-order valence-electron chi connectivity index (χ3n) is 3.57. The molecule has 0 aromatic carbocycles. The first kappa shape index (κ1) is 17.4. The van der Waals surface area contributed by atoms with Crippen molar-refractivity contribution in [1.82, 2.24) is 30.4 Å². The normalized spacial score (nSPS) is 11.8. The standard InChI is InChI=1S/C15H17Cl2N7O/c1-18-15(19-7-9-6-10(16)13(17)24(9)2)20-8-12-21-14(23-22-12)11-4-3-5-25-11/h3-6H,7-8H2,1-2H3,(H2,18,19,20)(H,21,22,23). The first-order valence-corrected chi connectivity index (χ1v) is 8.23. The van der Waals surface area contributed by atoms with E-state index in [1.54, 1.807) is 25.4 Å². The summed E-state index contributed by atoms with van der Waals surface area (Å²) in [6.07, 6.45) is 1.58. The third kappa shape index (κ3) is 3.97. The van der Waals surface area contributed by atoms with Crippen molar-refractivity contribution in [3.8, 4) is 11.6 Å². The van der Waals surface area contributed by atoms with Gasteiger partial charge < -0.3 is 19.6 Å². The zero-order chi connectivity index (χ0) is 17.8. The molecule has 3 rings (SSSR count). The van der Waals surface area contributed by atoms with Crippen LogP contribution in [0.25, 0.3) is 11.6 Å². The van der Waals surface area contributed by atoms with Gasteiger partial charge in [-0.3, -0.25) is 10.1 Å². The number of nitrogens with one attached hydrogen (secondary N) is 3. The van der Waals surface area contributed by atoms with Gasteiger partial charge in [-0.25, -0.2) is 4.98 Å². The number of hydrogen-bond donors (Lipinski definition) is 3. The van der Waals surface area contributed by atoms with Gasteiger partial charge in [0.05, 0.1) is 24.4 Å². The topological polar surface area (TPSA) is 96.1 Å². The lowest BCUT2D eigenvalue weighted by Crippen LogP contribution is -2.37. The summed E-state index contributed by atoms with van der Waals surface area (Å²) in [6.45, 7) is 0.957. The van der Waals surface area contributed by atoms with Gasteiger partial charge in [-0.2, -0.15) is 0 Å². The van der Waals surface area contributed by atoms with Gasteiger partial charge >= 0.3 is 0 Å². The molecule has 10 heteroatoms. The number of H-pyrrole nitrogens is 1. The molecule has 0 saturated heterocycles. The van der Waals surface area contributed by atoms with Gasteiger partial charge in [0.1, 0.15) is 11.0 Å². The highest BCUT2D eigenvalue weighted by Gasteiger charge is 2.11. The fraction of sp³-hybridized carbons (Fsp3) is 0.267. The van der Waals surface area contributed by atoms with Gasteiger partial charge in [0.25, 0.3) is 0 Å². The Kier molecular flexibility index (Phi) is 5.30. The van der Waals surface area contributed by atoms with E-state index in [0.717, 1.165) is 5.69 Å². The predicted molar refractivity (Wildman–Crippen MR) is 96.6 cm³/mol. The van der Waals surface area contributed by atoms with Crippen LogP contribution < -0.4 is 10.6 Å². The second-order valence-electron chi connectivity index (χ2n) is 5.20. The van der Waals surface area contributed by atoms with E-state index < -0.39 is 0 Å². The highest BCUT2D eigenvalue weighted by atomic mass is 35.5. The number of halogens is 2. The maximum absolute atomic E-state index is 6.06. The summed E-state index contributed by atoms with van der Waals surface area (Å²) < 4.78 is 7.08. The number of furan rings is 1. The zero-order valence-electron chi connectivity index (χ0n) is 13.7. The number of aromatic nitrogens is 4. The van der Waals surface area contributed by atoms with Gasteiger partial charge in [-0.05, 0) is 18.2 Å². The van der Waals surface area contributed by atoms with Crippen molar-refractivity contribution in [2.45, 2.75) is 13.1 Å². The van der Waals surface area contributed by atoms with Gasteiger partial charge in [0, 0.05) is 19.8 Å². The van der Waals surface area contributed by atoms with Gasteiger partial charge in [0.15, 0.2) is 11.7 Å². The monoisotopic (exact) mass is 381 g/mol. The van der Waals surface area contributed by atoms with Gasteiger partial charge in [-0.1, -0.05) is 23.2 Å². The molecule has 0 saturated carbocycles. The number of guanidine groups is 1. The Bertz CT molecular complexity index is 867. The van der Waals surface area contributed by atoms with Crippen molar-refractivity contribution in [3.05, 3.63) is 46.2 Å². The largest absolute Gasteiger partial charge is 0.461 e. The van der Waals surface area contributed by atoms with Crippen LogP contribution in [0.1, 0.15) is 11.5 Å². The summed E-state index contributed by atoms with van der Waals surface area (Å²) in [6, 6.07) is 5.41. The second kappa shape index (κ2) is 7.62. The Hall–Kier alpha value is -2.45. The molecule has 0 bridgehead atoms. The molecular weight excluding hydrogens is 365 g/mol. The Morgan fingerprint density at radius 1 is 1.36 bits per heavy atom. The average molecular weight is 382 g/mol. The SMILES string of the molecule is CN=C(NCc1nc(-c2ccco2)n[nH]1)NCc1cc(Cl)c(Cl)n1C. The van der Waals surface area contributed by atoms with E-state index in [1.807, 2.05) is 17.7 Å². The maximum atomic E-state index is 6.06. The summed E-state index contributed by atoms with van der Waals surface area (Å²) in [5, 5.41) is 14.4. The molecule has 3 heterocycles. The molecule has 0 fully saturated rings. The van der Waals surface area contributed by atoms with Crippen molar-refractivity contribution in [3.63, 3.8) is 0 Å². The van der Waals surface area contributed by atoms with Crippen LogP contribution in [0.4, 0.5) is 0 Å². The molecule has 0 aliphatic carbocycles. The van der Waals surface area contributed by atoms with E-state index >= 15 is 0 Å². The van der Waals surface area contributed by atoms with Gasteiger partial charge in [-0.15, -0.1) is 5.10 Å². The molecule has 0 aliphatic heterocycles. The Morgan fingerprint density at radius 2 is 2.16 bits per heavy atom. The van der Waals surface area contributed by atoms with Crippen LogP contribution in [0.15, 0.2) is 33.9 Å². The van der Waals surface area contributed by atoms with Crippen LogP contribution in [0.5, 0.6) is 0 Å². The van der Waals surface area contributed by atoms with Crippen molar-refractivity contribution in [2.75, 3.05) is 7.05 Å². The average Bonchev–Trinajstić information content (AvgIpc) is 3.34. The van der Waals surface area contributed by atoms with Crippen LogP contribution in [-0.4, -0.2) is 32.8 Å². The van der Waals surface area contributed by atoms with E-state index in [1.165, 1.54) is 0 Å². The second-order valence-corrected chi connectivity index (χ2v) is 5.96. The Morgan fingerprint density at radius 3 is 2.80 bits per heavy atom. The highest BCUT2D eigenvalue weighted by Crippen LogP contribution is 2.24. The van der Waals surface area contributed by atoms with Crippen molar-refractivity contribution >= 4 is 29.2 Å². The third-order valence-corrected chi connectivity index (χ3v) is 4.41. The van der Waals surface area contributed by atoms with Crippen LogP contribution in [0.3, 0.4) is 0 Å². The van der Waals surface area contributed by atoms with Crippen LogP contribution in [0, 0.1) is 0 Å². The summed E-state index contributed by atoms with van der Waals surface area (Å²) in [5.74, 6) is 2.41. The molecule has 3 aromatic heterocycles. The van der Waals surface area contributed by atoms with Crippen LogP contribution >= 0.6 is 23.2 Å². The fourth-order valence-corrected chi connectivity index (χ4v) is 2.63. The molecule has 25 heavy (non-hydrogen) atoms. The smallest absolute Gasteiger partial charge is 0.216 e. The molecule has 8 nitrogen and oxygen atoms in total. The molecule has 0 amide bonds. The molecule has 3 aromatic rings. The minimum Gasteiger partial charge on any atom is -0.461 e. The first-order chi connectivity index (χ1) is 12.1. The fourth-order valence-electron chi connectivity index (χ4n) is 2.21. The van der Waals surface area contributed by atoms with E-state index in [0.29, 0.717) is 46.6 Å². The van der Waals surface area contributed by atoms with Crippen molar-refractivity contribution < 1.29 is 4.42 Å². The highest BCUT2D eigenvalue weighted by molar-refractivity contribution is 6.41. The lowest BCUT2D eigenvalue weighted by Gasteiger charge is -2.11. The maximum Gasteiger partial charge on any atom is 0.216 e. The molecule has 3 N–H and O–H groups in total. The van der Waals surface area contributed by atoms with E-state index in [-0.39, 0.29) is 0 Å². The lowest BCUT2D eigenvalue weighted by molar-refractivity contribution is 0.577. The summed E-state index contributed by atoms with van der Waals surface area (Å²) in [4.78, 5) is 8.53. The van der Waals surface area contributed by atoms with E-state index in [9.17, 15) is 0 Å². The molecule has 132 valence electrons. The minimum atomic E-state index is 0.433. The van der Waals surface area contributed by atoms with Crippen molar-refractivity contribution in [1.29, 1.82) is 0 Å². The summed E-state index contributed by atoms with van der Waals surface area (Å²) in [5.41, 5.74) is 0.942. The first-order valence-electron chi connectivity index (χ1n) is 7.47. The molecular formula is C15H17Cl2N7O. The van der Waals surface area contributed by atoms with Crippen LogP contribution in [0.2, 0.25) is 10.2 Å². The minimum absolute atomic E-state index is 0.433. The molecule has 0 unspecified atom stereocenters. The van der Waals surface area contributed by atoms with E-state index in [4.69, 9.17) is 27.6 Å². The van der Waals surface area contributed by atoms with Crippen LogP contribution in [-0.2, 0) is 20.1 Å². The number of hydrogen-bond acceptors (Lipinski definition) is 4.